The van der Waals surface area contributed by atoms with Crippen LogP contribution in [0.5, 0.6) is 0 Å². The maximum absolute atomic E-state index is 12.9. The Labute approximate surface area is 127 Å². The number of aromatic nitrogens is 1. The van der Waals surface area contributed by atoms with E-state index in [2.05, 4.69) is 0 Å². The molecule has 1 rings (SSSR count). The van der Waals surface area contributed by atoms with Gasteiger partial charge >= 0.3 is 0 Å². The SMILES string of the molecule is CCC(C)N(CCOC)S(=O)(=O)c1cc(CN)n(CC)c1. The number of hydrogen-bond donors (Lipinski definition) is 1. The second-order valence-corrected chi connectivity index (χ2v) is 6.91. The van der Waals surface area contributed by atoms with Crippen molar-refractivity contribution in [2.75, 3.05) is 20.3 Å². The van der Waals surface area contributed by atoms with Crippen molar-refractivity contribution in [2.45, 2.75) is 51.2 Å². The number of aryl methyl sites for hydroxylation is 1. The van der Waals surface area contributed by atoms with Gasteiger partial charge in [0, 0.05) is 44.7 Å². The first-order valence-electron chi connectivity index (χ1n) is 7.32. The van der Waals surface area contributed by atoms with Gasteiger partial charge in [0.25, 0.3) is 0 Å². The third-order valence-corrected chi connectivity index (χ3v) is 5.69. The molecule has 0 bridgehead atoms. The minimum atomic E-state index is -3.53. The van der Waals surface area contributed by atoms with Gasteiger partial charge in [-0.3, -0.25) is 0 Å². The molecule has 0 fully saturated rings. The number of ether oxygens (including phenoxy) is 1. The summed E-state index contributed by atoms with van der Waals surface area (Å²) in [5, 5.41) is 0. The van der Waals surface area contributed by atoms with Crippen molar-refractivity contribution in [3.8, 4) is 0 Å². The number of rotatable bonds is 9. The first kappa shape index (κ1) is 18.2. The summed E-state index contributed by atoms with van der Waals surface area (Å²) in [5.41, 5.74) is 6.50. The maximum Gasteiger partial charge on any atom is 0.244 e. The molecule has 0 saturated carbocycles. The van der Waals surface area contributed by atoms with Crippen molar-refractivity contribution in [3.05, 3.63) is 18.0 Å². The summed E-state index contributed by atoms with van der Waals surface area (Å²) < 4.78 is 34.1. The molecule has 0 amide bonds. The smallest absolute Gasteiger partial charge is 0.244 e. The molecule has 1 heterocycles. The van der Waals surface area contributed by atoms with Crippen molar-refractivity contribution in [1.29, 1.82) is 0 Å². The Kier molecular flexibility index (Phi) is 6.86. The molecular weight excluding hydrogens is 290 g/mol. The average Bonchev–Trinajstić information content (AvgIpc) is 2.91. The molecule has 122 valence electrons. The number of methoxy groups -OCH3 is 1. The highest BCUT2D eigenvalue weighted by atomic mass is 32.2. The van der Waals surface area contributed by atoms with Crippen LogP contribution >= 0.6 is 0 Å². The van der Waals surface area contributed by atoms with Gasteiger partial charge in [-0.1, -0.05) is 6.92 Å². The Morgan fingerprint density at radius 1 is 1.43 bits per heavy atom. The van der Waals surface area contributed by atoms with Crippen LogP contribution < -0.4 is 5.73 Å². The van der Waals surface area contributed by atoms with Crippen molar-refractivity contribution in [3.63, 3.8) is 0 Å². The average molecular weight is 317 g/mol. The Morgan fingerprint density at radius 2 is 2.10 bits per heavy atom. The van der Waals surface area contributed by atoms with Crippen LogP contribution in [0.15, 0.2) is 17.2 Å². The fourth-order valence-electron chi connectivity index (χ4n) is 2.23. The van der Waals surface area contributed by atoms with E-state index < -0.39 is 10.0 Å². The van der Waals surface area contributed by atoms with Gasteiger partial charge < -0.3 is 15.0 Å². The van der Waals surface area contributed by atoms with Crippen molar-refractivity contribution < 1.29 is 13.2 Å². The van der Waals surface area contributed by atoms with Crippen molar-refractivity contribution >= 4 is 10.0 Å². The summed E-state index contributed by atoms with van der Waals surface area (Å²) in [6.45, 7) is 7.60. The van der Waals surface area contributed by atoms with E-state index >= 15 is 0 Å². The second kappa shape index (κ2) is 7.93. The lowest BCUT2D eigenvalue weighted by molar-refractivity contribution is 0.167. The first-order valence-corrected chi connectivity index (χ1v) is 8.76. The van der Waals surface area contributed by atoms with Gasteiger partial charge in [0.05, 0.1) is 6.61 Å². The number of sulfonamides is 1. The summed E-state index contributed by atoms with van der Waals surface area (Å²) in [7, 11) is -1.96. The van der Waals surface area contributed by atoms with Gasteiger partial charge in [-0.15, -0.1) is 0 Å². The van der Waals surface area contributed by atoms with Crippen LogP contribution in [0, 0.1) is 0 Å². The molecule has 1 atom stereocenters. The van der Waals surface area contributed by atoms with E-state index in [-0.39, 0.29) is 6.04 Å². The maximum atomic E-state index is 12.9. The summed E-state index contributed by atoms with van der Waals surface area (Å²) >= 11 is 0. The third-order valence-electron chi connectivity index (χ3n) is 3.72. The Hall–Kier alpha value is -0.890. The van der Waals surface area contributed by atoms with Crippen LogP contribution in [0.3, 0.4) is 0 Å². The van der Waals surface area contributed by atoms with E-state index in [1.165, 1.54) is 4.31 Å². The quantitative estimate of drug-likeness (QED) is 0.747. The van der Waals surface area contributed by atoms with Crippen LogP contribution in [0.1, 0.15) is 32.9 Å². The molecule has 1 aromatic rings. The van der Waals surface area contributed by atoms with Gasteiger partial charge in [0.2, 0.25) is 10.0 Å². The number of nitrogens with zero attached hydrogens (tertiary/aromatic N) is 2. The van der Waals surface area contributed by atoms with Gasteiger partial charge in [0.15, 0.2) is 0 Å². The van der Waals surface area contributed by atoms with Crippen LogP contribution in [-0.2, 0) is 27.8 Å². The zero-order valence-corrected chi connectivity index (χ0v) is 14.2. The monoisotopic (exact) mass is 317 g/mol. The lowest BCUT2D eigenvalue weighted by Gasteiger charge is -2.26. The van der Waals surface area contributed by atoms with Crippen LogP contribution in [-0.4, -0.2) is 43.6 Å². The summed E-state index contributed by atoms with van der Waals surface area (Å²) in [4.78, 5) is 0.307. The van der Waals surface area contributed by atoms with Gasteiger partial charge in [-0.05, 0) is 26.3 Å². The molecule has 0 spiro atoms. The molecule has 0 radical (unpaired) electrons. The minimum absolute atomic E-state index is 0.0727. The largest absolute Gasteiger partial charge is 0.383 e. The standard InChI is InChI=1S/C14H27N3O3S/c1-5-12(3)17(7-8-20-4)21(18,19)14-9-13(10-15)16(6-2)11-14/h9,11-12H,5-8,10,15H2,1-4H3. The molecule has 0 aliphatic carbocycles. The molecule has 0 aromatic carbocycles. The predicted molar refractivity (Wildman–Crippen MR) is 83.5 cm³/mol. The molecule has 7 heteroatoms. The van der Waals surface area contributed by atoms with Crippen LogP contribution in [0.2, 0.25) is 0 Å². The molecule has 6 nitrogen and oxygen atoms in total. The molecular formula is C14H27N3O3S. The van der Waals surface area contributed by atoms with Gasteiger partial charge in [0.1, 0.15) is 4.90 Å². The summed E-state index contributed by atoms with van der Waals surface area (Å²) in [6.07, 6.45) is 2.42. The normalized spacial score (nSPS) is 13.8. The molecule has 1 aromatic heterocycles. The molecule has 0 saturated heterocycles. The lowest BCUT2D eigenvalue weighted by atomic mass is 10.3. The predicted octanol–water partition coefficient (Wildman–Crippen LogP) is 1.40. The van der Waals surface area contributed by atoms with E-state index in [4.69, 9.17) is 10.5 Å². The van der Waals surface area contributed by atoms with E-state index in [9.17, 15) is 8.42 Å². The van der Waals surface area contributed by atoms with E-state index in [1.807, 2.05) is 25.3 Å². The second-order valence-electron chi connectivity index (χ2n) is 5.02. The molecule has 2 N–H and O–H groups in total. The zero-order chi connectivity index (χ0) is 16.0. The number of nitrogens with two attached hydrogens (primary N) is 1. The topological polar surface area (TPSA) is 77.6 Å². The molecule has 0 aliphatic rings. The highest BCUT2D eigenvalue weighted by Crippen LogP contribution is 2.22. The highest BCUT2D eigenvalue weighted by molar-refractivity contribution is 7.89. The molecule has 1 unspecified atom stereocenters. The third kappa shape index (κ3) is 4.06. The summed E-state index contributed by atoms with van der Waals surface area (Å²) in [6, 6.07) is 1.59. The molecule has 21 heavy (non-hydrogen) atoms. The Bertz CT molecular complexity index is 518. The fourth-order valence-corrected chi connectivity index (χ4v) is 3.98. The fraction of sp³-hybridized carbons (Fsp3) is 0.714. The first-order chi connectivity index (χ1) is 9.92. The van der Waals surface area contributed by atoms with E-state index in [0.29, 0.717) is 31.1 Å². The Balaban J connectivity index is 3.18. The lowest BCUT2D eigenvalue weighted by Crippen LogP contribution is -2.40. The van der Waals surface area contributed by atoms with Crippen molar-refractivity contribution in [2.24, 2.45) is 5.73 Å². The van der Waals surface area contributed by atoms with Gasteiger partial charge in [-0.25, -0.2) is 8.42 Å². The van der Waals surface area contributed by atoms with Crippen LogP contribution in [0.4, 0.5) is 0 Å². The molecule has 0 aliphatic heterocycles. The van der Waals surface area contributed by atoms with E-state index in [1.54, 1.807) is 19.4 Å². The highest BCUT2D eigenvalue weighted by Gasteiger charge is 2.29. The van der Waals surface area contributed by atoms with Crippen molar-refractivity contribution in [1.82, 2.24) is 8.87 Å². The van der Waals surface area contributed by atoms with Crippen LogP contribution in [0.25, 0.3) is 0 Å². The minimum Gasteiger partial charge on any atom is -0.383 e. The Morgan fingerprint density at radius 3 is 2.52 bits per heavy atom. The van der Waals surface area contributed by atoms with Gasteiger partial charge in [-0.2, -0.15) is 4.31 Å². The summed E-state index contributed by atoms with van der Waals surface area (Å²) in [5.74, 6) is 0. The number of hydrogen-bond acceptors (Lipinski definition) is 4. The van der Waals surface area contributed by atoms with E-state index in [0.717, 1.165) is 12.1 Å². The zero-order valence-electron chi connectivity index (χ0n) is 13.4.